The summed E-state index contributed by atoms with van der Waals surface area (Å²) in [5.41, 5.74) is 4.51. The highest BCUT2D eigenvalue weighted by atomic mass is 16.7. The van der Waals surface area contributed by atoms with E-state index in [-0.39, 0.29) is 42.3 Å². The van der Waals surface area contributed by atoms with E-state index in [2.05, 4.69) is 10.8 Å². The number of aliphatic hydroxyl groups is 3. The van der Waals surface area contributed by atoms with Gasteiger partial charge >= 0.3 is 0 Å². The fourth-order valence-electron chi connectivity index (χ4n) is 8.20. The number of aliphatic hydroxyl groups excluding tert-OH is 2. The molecule has 0 aliphatic heterocycles. The molecule has 7 rings (SSSR count). The number of carbonyl (C=O) groups is 4. The molecule has 0 saturated heterocycles. The molecule has 0 radical (unpaired) electrons. The van der Waals surface area contributed by atoms with Crippen LogP contribution >= 0.6 is 0 Å². The standard InChI is InChI=1S/C31H38N4O9/c1-35(2)24-17-11-16-10-15-7-8-18(34-20(36)12-33-44-19-9-13-3-5-14(19)6-4-13)25(37)21(15)26(38)22(16)28(40)31(17,43)29(41)23(27(24)39)30(32)42/h7-8,13-14,16-17,19,24,33,37,39-40,43H,3-6,9-12H2,1-2H3,(H2,32,42)(H,34,36)/t13?,14?,16?,17?,19?,24-,31-/m0/s1. The maximum absolute atomic E-state index is 13.8. The molecule has 236 valence electrons. The number of hydrogen-bond donors (Lipinski definition) is 7. The number of hydroxylamine groups is 1. The van der Waals surface area contributed by atoms with Crippen molar-refractivity contribution in [3.05, 3.63) is 45.9 Å². The zero-order chi connectivity index (χ0) is 31.7. The zero-order valence-electron chi connectivity index (χ0n) is 24.6. The van der Waals surface area contributed by atoms with E-state index < -0.39 is 69.7 Å². The Morgan fingerprint density at radius 1 is 1.09 bits per heavy atom. The number of carbonyl (C=O) groups excluding carboxylic acids is 4. The second kappa shape index (κ2) is 11.0. The number of Topliss-reactive ketones (excluding diaryl/α,β-unsaturated/α-hetero) is 2. The largest absolute Gasteiger partial charge is 0.510 e. The predicted molar refractivity (Wildman–Crippen MR) is 155 cm³/mol. The first-order valence-corrected chi connectivity index (χ1v) is 15.0. The van der Waals surface area contributed by atoms with Crippen LogP contribution in [0.3, 0.4) is 0 Å². The number of likely N-dealkylation sites (N-methyl/N-ethyl adjacent to an activating group) is 1. The molecule has 44 heavy (non-hydrogen) atoms. The Labute approximate surface area is 253 Å². The second-order valence-electron chi connectivity index (χ2n) is 13.0. The van der Waals surface area contributed by atoms with E-state index in [0.717, 1.165) is 19.3 Å². The number of allylic oxidation sites excluding steroid dienone is 1. The van der Waals surface area contributed by atoms with Crippen LogP contribution in [0.2, 0.25) is 0 Å². The molecule has 2 bridgehead atoms. The van der Waals surface area contributed by atoms with Crippen molar-refractivity contribution in [3.63, 3.8) is 0 Å². The van der Waals surface area contributed by atoms with Gasteiger partial charge in [0.25, 0.3) is 5.91 Å². The van der Waals surface area contributed by atoms with E-state index in [0.29, 0.717) is 17.4 Å². The molecule has 1 aromatic carbocycles. The Balaban J connectivity index is 1.25. The number of nitrogens with two attached hydrogens (primary N) is 1. The smallest absolute Gasteiger partial charge is 0.255 e. The van der Waals surface area contributed by atoms with Gasteiger partial charge in [-0.15, -0.1) is 0 Å². The minimum Gasteiger partial charge on any atom is -0.510 e. The Morgan fingerprint density at radius 3 is 2.41 bits per heavy atom. The first kappa shape index (κ1) is 30.3. The van der Waals surface area contributed by atoms with Crippen LogP contribution < -0.4 is 16.5 Å². The van der Waals surface area contributed by atoms with Crippen molar-refractivity contribution in [1.82, 2.24) is 10.4 Å². The summed E-state index contributed by atoms with van der Waals surface area (Å²) in [6, 6.07) is 2.02. The summed E-state index contributed by atoms with van der Waals surface area (Å²) in [6.45, 7) is -0.182. The molecule has 3 fully saturated rings. The molecular weight excluding hydrogens is 572 g/mol. The van der Waals surface area contributed by atoms with Gasteiger partial charge in [-0.3, -0.25) is 28.9 Å². The fourth-order valence-corrected chi connectivity index (χ4v) is 8.20. The number of phenolic OH excluding ortho intramolecular Hbond substituents is 1. The highest BCUT2D eigenvalue weighted by molar-refractivity contribution is 6.25. The lowest BCUT2D eigenvalue weighted by Crippen LogP contribution is -2.63. The molecule has 8 N–H and O–H groups in total. The van der Waals surface area contributed by atoms with Crippen LogP contribution in [0.25, 0.3) is 0 Å². The number of aromatic hydroxyl groups is 1. The Hall–Kier alpha value is -3.78. The molecule has 2 amide bonds. The summed E-state index contributed by atoms with van der Waals surface area (Å²) >= 11 is 0. The summed E-state index contributed by atoms with van der Waals surface area (Å²) in [4.78, 5) is 59.3. The van der Waals surface area contributed by atoms with E-state index >= 15 is 0 Å². The van der Waals surface area contributed by atoms with Gasteiger partial charge in [0.15, 0.2) is 17.1 Å². The van der Waals surface area contributed by atoms with Crippen LogP contribution in [0.15, 0.2) is 34.8 Å². The molecule has 0 spiro atoms. The number of rotatable bonds is 7. The van der Waals surface area contributed by atoms with Gasteiger partial charge in [0.05, 0.1) is 23.4 Å². The highest BCUT2D eigenvalue weighted by Gasteiger charge is 2.63. The van der Waals surface area contributed by atoms with Crippen LogP contribution in [0, 0.1) is 23.7 Å². The number of nitrogens with one attached hydrogen (secondary N) is 2. The molecule has 13 heteroatoms. The van der Waals surface area contributed by atoms with Gasteiger partial charge in [-0.1, -0.05) is 6.07 Å². The average molecular weight is 611 g/mol. The third-order valence-corrected chi connectivity index (χ3v) is 10.3. The number of ketones is 2. The molecule has 13 nitrogen and oxygen atoms in total. The summed E-state index contributed by atoms with van der Waals surface area (Å²) in [7, 11) is 3.14. The van der Waals surface area contributed by atoms with Gasteiger partial charge < -0.3 is 31.5 Å². The second-order valence-corrected chi connectivity index (χ2v) is 13.0. The Bertz CT molecular complexity index is 1510. The van der Waals surface area contributed by atoms with Gasteiger partial charge in [0.1, 0.15) is 23.6 Å². The minimum atomic E-state index is -2.71. The zero-order valence-corrected chi connectivity index (χ0v) is 24.6. The van der Waals surface area contributed by atoms with Gasteiger partial charge in [-0.2, -0.15) is 5.48 Å². The Kier molecular flexibility index (Phi) is 7.55. The van der Waals surface area contributed by atoms with Crippen molar-refractivity contribution < 1.29 is 44.4 Å². The first-order valence-electron chi connectivity index (χ1n) is 15.0. The van der Waals surface area contributed by atoms with E-state index in [9.17, 15) is 39.6 Å². The van der Waals surface area contributed by atoms with Crippen molar-refractivity contribution in [2.24, 2.45) is 29.4 Å². The predicted octanol–water partition coefficient (Wildman–Crippen LogP) is 1.16. The van der Waals surface area contributed by atoms with E-state index in [1.165, 1.54) is 23.8 Å². The van der Waals surface area contributed by atoms with Crippen LogP contribution in [-0.4, -0.2) is 87.1 Å². The fraction of sp³-hybridized carbons (Fsp3) is 0.548. The van der Waals surface area contributed by atoms with Crippen LogP contribution in [0.5, 0.6) is 5.75 Å². The molecule has 0 heterocycles. The lowest BCUT2D eigenvalue weighted by molar-refractivity contribution is -0.148. The number of nitrogens with zero attached hydrogens (tertiary/aromatic N) is 1. The molecule has 3 unspecified atom stereocenters. The van der Waals surface area contributed by atoms with Gasteiger partial charge in [-0.05, 0) is 88.4 Å². The average Bonchev–Trinajstić information content (AvgIpc) is 2.97. The van der Waals surface area contributed by atoms with Crippen molar-refractivity contribution in [2.75, 3.05) is 26.0 Å². The number of anilines is 1. The number of primary amides is 1. The molecular formula is C31H38N4O9. The quantitative estimate of drug-likeness (QED) is 0.132. The van der Waals surface area contributed by atoms with E-state index in [1.54, 1.807) is 20.2 Å². The number of phenols is 1. The summed E-state index contributed by atoms with van der Waals surface area (Å²) in [5.74, 6) is -6.61. The Morgan fingerprint density at radius 2 is 1.80 bits per heavy atom. The van der Waals surface area contributed by atoms with E-state index in [4.69, 9.17) is 10.6 Å². The van der Waals surface area contributed by atoms with Gasteiger partial charge in [0.2, 0.25) is 11.7 Å². The van der Waals surface area contributed by atoms with Gasteiger partial charge in [0, 0.05) is 11.5 Å². The molecule has 3 saturated carbocycles. The molecule has 0 aromatic heterocycles. The van der Waals surface area contributed by atoms with E-state index in [1.807, 2.05) is 0 Å². The van der Waals surface area contributed by atoms with Crippen LogP contribution in [-0.2, 0) is 25.6 Å². The van der Waals surface area contributed by atoms with Crippen molar-refractivity contribution in [2.45, 2.75) is 62.7 Å². The highest BCUT2D eigenvalue weighted by Crippen LogP contribution is 2.52. The lowest BCUT2D eigenvalue weighted by Gasteiger charge is -2.50. The summed E-state index contributed by atoms with van der Waals surface area (Å²) < 4.78 is 0. The van der Waals surface area contributed by atoms with Crippen molar-refractivity contribution >= 4 is 29.1 Å². The van der Waals surface area contributed by atoms with Crippen molar-refractivity contribution in [3.8, 4) is 5.75 Å². The topological polar surface area (TPSA) is 212 Å². The number of hydrogen-bond acceptors (Lipinski definition) is 11. The van der Waals surface area contributed by atoms with Crippen LogP contribution in [0.1, 0.15) is 54.4 Å². The third-order valence-electron chi connectivity index (χ3n) is 10.3. The maximum Gasteiger partial charge on any atom is 0.255 e. The number of amides is 2. The summed E-state index contributed by atoms with van der Waals surface area (Å²) in [6.07, 6.45) is 5.88. The molecule has 6 aliphatic carbocycles. The SMILES string of the molecule is CN(C)[C@@H]1C(O)=C(C(N)=O)C(=O)[C@@]2(O)C(O)=C3C(=O)c4c(ccc(NC(=O)CNOC5CC6CCC5CC6)c4O)CC3CC12. The number of fused-ring (bicyclic) bond motifs is 6. The van der Waals surface area contributed by atoms with Gasteiger partial charge in [-0.25, -0.2) is 0 Å². The lowest BCUT2D eigenvalue weighted by atomic mass is 9.58. The molecule has 5 atom stereocenters. The third kappa shape index (κ3) is 4.61. The van der Waals surface area contributed by atoms with Crippen LogP contribution in [0.4, 0.5) is 5.69 Å². The molecule has 6 aliphatic rings. The van der Waals surface area contributed by atoms with Crippen molar-refractivity contribution in [1.29, 1.82) is 0 Å². The number of benzene rings is 1. The molecule has 1 aromatic rings. The minimum absolute atomic E-state index is 0.000716. The first-order chi connectivity index (χ1) is 20.8. The summed E-state index contributed by atoms with van der Waals surface area (Å²) in [5, 5.41) is 47.6. The monoisotopic (exact) mass is 610 g/mol. The maximum atomic E-state index is 13.8. The normalized spacial score (nSPS) is 32.8.